The summed E-state index contributed by atoms with van der Waals surface area (Å²) in [6.07, 6.45) is 0. The molecule has 25 heavy (non-hydrogen) atoms. The average Bonchev–Trinajstić information content (AvgIpc) is 2.69. The Morgan fingerprint density at radius 3 is 2.24 bits per heavy atom. The highest BCUT2D eigenvalue weighted by molar-refractivity contribution is 6.80. The predicted molar refractivity (Wildman–Crippen MR) is 106 cm³/mol. The van der Waals surface area contributed by atoms with Gasteiger partial charge in [0.1, 0.15) is 0 Å². The third-order valence-electron chi connectivity index (χ3n) is 5.08. The highest BCUT2D eigenvalue weighted by Gasteiger charge is 2.26. The van der Waals surface area contributed by atoms with Gasteiger partial charge in [-0.1, -0.05) is 36.4 Å². The van der Waals surface area contributed by atoms with Gasteiger partial charge in [0, 0.05) is 35.5 Å². The fourth-order valence-corrected chi connectivity index (χ4v) is 3.82. The van der Waals surface area contributed by atoms with Crippen molar-refractivity contribution in [3.8, 4) is 0 Å². The molecule has 1 saturated heterocycles. The molecule has 2 aliphatic heterocycles. The Bertz CT molecular complexity index is 883. The van der Waals surface area contributed by atoms with E-state index in [0.29, 0.717) is 0 Å². The average molecular weight is 329 g/mol. The molecule has 0 amide bonds. The second-order valence-electron chi connectivity index (χ2n) is 6.63. The largest absolute Gasteiger partial charge is 0.406 e. The number of nitrogens with one attached hydrogen (secondary N) is 2. The SMILES string of the molecule is c1cc(B2Nc3cccc4cccc(c34)N2)cc(N2CCOCC2)c1. The maximum Gasteiger partial charge on any atom is 0.406 e. The normalized spacial score (nSPS) is 16.5. The van der Waals surface area contributed by atoms with Crippen LogP contribution in [0.2, 0.25) is 0 Å². The third-order valence-corrected chi connectivity index (χ3v) is 5.08. The van der Waals surface area contributed by atoms with Crippen molar-refractivity contribution in [1.29, 1.82) is 0 Å². The van der Waals surface area contributed by atoms with Crippen LogP contribution in [0.3, 0.4) is 0 Å². The van der Waals surface area contributed by atoms with E-state index in [0.717, 1.165) is 26.3 Å². The molecule has 0 radical (unpaired) electrons. The highest BCUT2D eigenvalue weighted by atomic mass is 16.5. The fraction of sp³-hybridized carbons (Fsp3) is 0.200. The lowest BCUT2D eigenvalue weighted by molar-refractivity contribution is 0.122. The van der Waals surface area contributed by atoms with Crippen LogP contribution in [-0.2, 0) is 4.74 Å². The minimum Gasteiger partial charge on any atom is -0.405 e. The van der Waals surface area contributed by atoms with E-state index in [2.05, 4.69) is 76.0 Å². The number of nitrogens with zero attached hydrogens (tertiary/aromatic N) is 1. The van der Waals surface area contributed by atoms with Gasteiger partial charge < -0.3 is 20.1 Å². The number of hydrogen-bond acceptors (Lipinski definition) is 4. The molecule has 1 fully saturated rings. The fourth-order valence-electron chi connectivity index (χ4n) is 3.82. The lowest BCUT2D eigenvalue weighted by atomic mass is 9.66. The van der Waals surface area contributed by atoms with E-state index in [1.165, 1.54) is 33.3 Å². The van der Waals surface area contributed by atoms with Gasteiger partial charge in [0.05, 0.1) is 13.2 Å². The molecule has 5 heteroatoms. The Kier molecular flexibility index (Phi) is 3.53. The van der Waals surface area contributed by atoms with Crippen LogP contribution in [0, 0.1) is 0 Å². The van der Waals surface area contributed by atoms with E-state index in [1.54, 1.807) is 0 Å². The van der Waals surface area contributed by atoms with Gasteiger partial charge >= 0.3 is 6.98 Å². The smallest absolute Gasteiger partial charge is 0.405 e. The molecular weight excluding hydrogens is 309 g/mol. The van der Waals surface area contributed by atoms with Crippen LogP contribution in [0.1, 0.15) is 0 Å². The first-order chi connectivity index (χ1) is 12.4. The van der Waals surface area contributed by atoms with Gasteiger partial charge in [-0.15, -0.1) is 0 Å². The topological polar surface area (TPSA) is 36.5 Å². The molecule has 5 rings (SSSR count). The Balaban J connectivity index is 1.49. The van der Waals surface area contributed by atoms with E-state index in [1.807, 2.05) is 0 Å². The van der Waals surface area contributed by atoms with Crippen LogP contribution >= 0.6 is 0 Å². The van der Waals surface area contributed by atoms with Crippen LogP contribution in [0.15, 0.2) is 60.7 Å². The number of morpholine rings is 1. The lowest BCUT2D eigenvalue weighted by Crippen LogP contribution is -2.48. The molecule has 0 aromatic heterocycles. The molecule has 2 aliphatic rings. The molecule has 4 nitrogen and oxygen atoms in total. The zero-order valence-corrected chi connectivity index (χ0v) is 14.0. The monoisotopic (exact) mass is 329 g/mol. The van der Waals surface area contributed by atoms with Crippen molar-refractivity contribution in [3.63, 3.8) is 0 Å². The molecule has 0 spiro atoms. The van der Waals surface area contributed by atoms with Gasteiger partial charge in [0.2, 0.25) is 0 Å². The van der Waals surface area contributed by atoms with Crippen molar-refractivity contribution in [1.82, 2.24) is 0 Å². The quantitative estimate of drug-likeness (QED) is 0.709. The summed E-state index contributed by atoms with van der Waals surface area (Å²) in [4.78, 5) is 2.39. The minimum atomic E-state index is 0.0708. The van der Waals surface area contributed by atoms with Crippen molar-refractivity contribution in [3.05, 3.63) is 60.7 Å². The summed E-state index contributed by atoms with van der Waals surface area (Å²) in [5.74, 6) is 0. The minimum absolute atomic E-state index is 0.0708. The van der Waals surface area contributed by atoms with Crippen molar-refractivity contribution in [2.24, 2.45) is 0 Å². The summed E-state index contributed by atoms with van der Waals surface area (Å²) in [5.41, 5.74) is 4.89. The van der Waals surface area contributed by atoms with E-state index >= 15 is 0 Å². The van der Waals surface area contributed by atoms with Crippen LogP contribution in [0.4, 0.5) is 17.1 Å². The van der Waals surface area contributed by atoms with Gasteiger partial charge in [-0.25, -0.2) is 0 Å². The van der Waals surface area contributed by atoms with Gasteiger partial charge in [0.25, 0.3) is 0 Å². The van der Waals surface area contributed by atoms with Crippen LogP contribution in [0.25, 0.3) is 10.8 Å². The first-order valence-electron chi connectivity index (χ1n) is 8.86. The molecule has 3 aromatic carbocycles. The van der Waals surface area contributed by atoms with Crippen LogP contribution in [-0.4, -0.2) is 33.3 Å². The summed E-state index contributed by atoms with van der Waals surface area (Å²) >= 11 is 0. The maximum absolute atomic E-state index is 5.47. The molecule has 0 saturated carbocycles. The van der Waals surface area contributed by atoms with Crippen LogP contribution < -0.4 is 20.8 Å². The first kappa shape index (κ1) is 14.7. The van der Waals surface area contributed by atoms with Gasteiger partial charge in [0.15, 0.2) is 0 Å². The number of rotatable bonds is 2. The molecule has 2 N–H and O–H groups in total. The molecule has 0 unspecified atom stereocenters. The van der Waals surface area contributed by atoms with E-state index in [9.17, 15) is 0 Å². The standard InChI is InChI=1S/C20H20BN3O/c1-4-15-5-2-9-19-20(15)18(8-1)22-21(23-19)16-6-3-7-17(14-16)24-10-12-25-13-11-24/h1-9,14,22-23H,10-13H2. The summed E-state index contributed by atoms with van der Waals surface area (Å²) in [6, 6.07) is 21.7. The zero-order chi connectivity index (χ0) is 16.6. The molecule has 0 bridgehead atoms. The zero-order valence-electron chi connectivity index (χ0n) is 14.0. The van der Waals surface area contributed by atoms with Crippen molar-refractivity contribution < 1.29 is 4.74 Å². The van der Waals surface area contributed by atoms with E-state index in [4.69, 9.17) is 4.74 Å². The summed E-state index contributed by atoms with van der Waals surface area (Å²) in [7, 11) is 0. The van der Waals surface area contributed by atoms with Gasteiger partial charge in [-0.3, -0.25) is 0 Å². The highest BCUT2D eigenvalue weighted by Crippen LogP contribution is 2.33. The first-order valence-corrected chi connectivity index (χ1v) is 8.86. The lowest BCUT2D eigenvalue weighted by Gasteiger charge is -2.30. The molecule has 124 valence electrons. The van der Waals surface area contributed by atoms with Crippen molar-refractivity contribution in [2.45, 2.75) is 0 Å². The van der Waals surface area contributed by atoms with Crippen LogP contribution in [0.5, 0.6) is 0 Å². The van der Waals surface area contributed by atoms with Crippen molar-refractivity contribution in [2.75, 3.05) is 41.7 Å². The summed E-state index contributed by atoms with van der Waals surface area (Å²) in [6.45, 7) is 3.59. The van der Waals surface area contributed by atoms with Gasteiger partial charge in [-0.2, -0.15) is 0 Å². The summed E-state index contributed by atoms with van der Waals surface area (Å²) in [5, 5.41) is 9.84. The number of anilines is 3. The van der Waals surface area contributed by atoms with E-state index < -0.39 is 0 Å². The van der Waals surface area contributed by atoms with Crippen molar-refractivity contribution >= 4 is 40.3 Å². The molecule has 3 aromatic rings. The second kappa shape index (κ2) is 6.01. The number of hydrogen-bond donors (Lipinski definition) is 2. The van der Waals surface area contributed by atoms with E-state index in [-0.39, 0.29) is 6.98 Å². The maximum atomic E-state index is 5.47. The molecule has 2 heterocycles. The number of ether oxygens (including phenoxy) is 1. The Morgan fingerprint density at radius 1 is 0.840 bits per heavy atom. The Morgan fingerprint density at radius 2 is 1.52 bits per heavy atom. The Hall–Kier alpha value is -2.66. The summed E-state index contributed by atoms with van der Waals surface area (Å²) < 4.78 is 5.47. The third kappa shape index (κ3) is 2.61. The second-order valence-corrected chi connectivity index (χ2v) is 6.63. The Labute approximate surface area is 147 Å². The number of benzene rings is 3. The molecular formula is C20H20BN3O. The molecule has 0 aliphatic carbocycles. The van der Waals surface area contributed by atoms with Gasteiger partial charge in [-0.05, 0) is 35.1 Å². The molecule has 0 atom stereocenters. The predicted octanol–water partition coefficient (Wildman–Crippen LogP) is 2.91.